The lowest BCUT2D eigenvalue weighted by atomic mass is 10.1. The molecule has 0 radical (unpaired) electrons. The van der Waals surface area contributed by atoms with E-state index in [1.807, 2.05) is 17.5 Å². The molecule has 20 heavy (non-hydrogen) atoms. The van der Waals surface area contributed by atoms with Gasteiger partial charge in [0, 0.05) is 28.6 Å². The number of thiophene rings is 1. The molecule has 3 aromatic rings. The summed E-state index contributed by atoms with van der Waals surface area (Å²) in [5.41, 5.74) is 6.43. The van der Waals surface area contributed by atoms with Crippen LogP contribution in [-0.4, -0.2) is 29.1 Å². The minimum absolute atomic E-state index is 0.241. The predicted molar refractivity (Wildman–Crippen MR) is 81.6 cm³/mol. The quantitative estimate of drug-likeness (QED) is 0.686. The zero-order chi connectivity index (χ0) is 14.1. The Labute approximate surface area is 119 Å². The van der Waals surface area contributed by atoms with Gasteiger partial charge in [-0.25, -0.2) is 9.78 Å². The molecule has 0 aliphatic carbocycles. The number of nitrogens with zero attached hydrogens (tertiary/aromatic N) is 1. The van der Waals surface area contributed by atoms with Gasteiger partial charge in [-0.05, 0) is 23.6 Å². The van der Waals surface area contributed by atoms with Gasteiger partial charge in [-0.1, -0.05) is 6.07 Å². The van der Waals surface area contributed by atoms with Gasteiger partial charge in [-0.15, -0.1) is 11.3 Å². The zero-order valence-corrected chi connectivity index (χ0v) is 11.4. The summed E-state index contributed by atoms with van der Waals surface area (Å²) in [5, 5.41) is 16.3. The molecule has 6 heteroatoms. The Morgan fingerprint density at radius 3 is 2.95 bits per heavy atom. The number of rotatable bonds is 4. The Morgan fingerprint density at radius 2 is 2.20 bits per heavy atom. The molecule has 0 amide bonds. The number of carboxylic acid groups (broad SMARTS) is 1. The van der Waals surface area contributed by atoms with Gasteiger partial charge in [0.2, 0.25) is 0 Å². The van der Waals surface area contributed by atoms with E-state index in [0.29, 0.717) is 18.6 Å². The van der Waals surface area contributed by atoms with Crippen molar-refractivity contribution in [3.05, 3.63) is 35.2 Å². The van der Waals surface area contributed by atoms with E-state index in [0.717, 1.165) is 21.3 Å². The second-order valence-corrected chi connectivity index (χ2v) is 5.29. The minimum Gasteiger partial charge on any atom is -0.478 e. The summed E-state index contributed by atoms with van der Waals surface area (Å²) in [5.74, 6) is -0.196. The highest BCUT2D eigenvalue weighted by molar-refractivity contribution is 7.18. The summed E-state index contributed by atoms with van der Waals surface area (Å²) in [6.45, 7) is 1.14. The Hall–Kier alpha value is -2.18. The fourth-order valence-electron chi connectivity index (χ4n) is 2.16. The van der Waals surface area contributed by atoms with E-state index >= 15 is 0 Å². The average molecular weight is 287 g/mol. The first-order chi connectivity index (χ1) is 9.70. The Bertz CT molecular complexity index is 798. The molecular formula is C14H13N3O2S. The van der Waals surface area contributed by atoms with Crippen molar-refractivity contribution in [1.29, 1.82) is 0 Å². The molecule has 0 aliphatic rings. The third-order valence-electron chi connectivity index (χ3n) is 3.08. The van der Waals surface area contributed by atoms with Crippen molar-refractivity contribution in [1.82, 2.24) is 4.98 Å². The third-order valence-corrected chi connectivity index (χ3v) is 4.03. The first kappa shape index (κ1) is 12.8. The summed E-state index contributed by atoms with van der Waals surface area (Å²) in [6, 6.07) is 7.04. The number of carboxylic acids is 1. The lowest BCUT2D eigenvalue weighted by Crippen LogP contribution is -2.14. The monoisotopic (exact) mass is 287 g/mol. The normalized spacial score (nSPS) is 11.1. The number of benzene rings is 1. The zero-order valence-electron chi connectivity index (χ0n) is 10.6. The number of nitrogens with two attached hydrogens (primary N) is 1. The van der Waals surface area contributed by atoms with Crippen LogP contribution in [0.3, 0.4) is 0 Å². The summed E-state index contributed by atoms with van der Waals surface area (Å²) in [6.07, 6.45) is 0. The Kier molecular flexibility index (Phi) is 3.25. The fourth-order valence-corrected chi connectivity index (χ4v) is 3.09. The Balaban J connectivity index is 2.26. The lowest BCUT2D eigenvalue weighted by Gasteiger charge is -2.08. The van der Waals surface area contributed by atoms with E-state index in [2.05, 4.69) is 10.3 Å². The van der Waals surface area contributed by atoms with Crippen LogP contribution in [0.4, 0.5) is 5.82 Å². The molecule has 0 saturated carbocycles. The highest BCUT2D eigenvalue weighted by Crippen LogP contribution is 2.33. The van der Waals surface area contributed by atoms with Gasteiger partial charge in [-0.2, -0.15) is 0 Å². The molecule has 102 valence electrons. The summed E-state index contributed by atoms with van der Waals surface area (Å²) >= 11 is 1.62. The number of aromatic carboxylic acids is 1. The molecule has 0 unspecified atom stereocenters. The molecular weight excluding hydrogens is 274 g/mol. The molecule has 0 aliphatic heterocycles. The van der Waals surface area contributed by atoms with Crippen LogP contribution < -0.4 is 11.1 Å². The largest absolute Gasteiger partial charge is 0.478 e. The van der Waals surface area contributed by atoms with Gasteiger partial charge in [0.1, 0.15) is 5.82 Å². The van der Waals surface area contributed by atoms with Crippen molar-refractivity contribution in [3.8, 4) is 0 Å². The van der Waals surface area contributed by atoms with Gasteiger partial charge in [0.15, 0.2) is 0 Å². The molecule has 1 aromatic carbocycles. The minimum atomic E-state index is -0.948. The molecule has 0 atom stereocenters. The molecule has 2 aromatic heterocycles. The Morgan fingerprint density at radius 1 is 1.35 bits per heavy atom. The van der Waals surface area contributed by atoms with Crippen LogP contribution in [0.2, 0.25) is 0 Å². The molecule has 3 rings (SSSR count). The van der Waals surface area contributed by atoms with Crippen LogP contribution in [0.25, 0.3) is 21.0 Å². The van der Waals surface area contributed by atoms with E-state index < -0.39 is 5.97 Å². The second-order valence-electron chi connectivity index (χ2n) is 4.38. The van der Waals surface area contributed by atoms with E-state index in [1.165, 1.54) is 0 Å². The second kappa shape index (κ2) is 5.07. The van der Waals surface area contributed by atoms with Crippen molar-refractivity contribution in [2.45, 2.75) is 0 Å². The van der Waals surface area contributed by atoms with Crippen LogP contribution in [-0.2, 0) is 0 Å². The molecule has 0 spiro atoms. The van der Waals surface area contributed by atoms with Crippen molar-refractivity contribution in [3.63, 3.8) is 0 Å². The van der Waals surface area contributed by atoms with Crippen LogP contribution in [0.15, 0.2) is 29.6 Å². The molecule has 5 nitrogen and oxygen atoms in total. The lowest BCUT2D eigenvalue weighted by molar-refractivity contribution is 0.0697. The maximum absolute atomic E-state index is 11.1. The van der Waals surface area contributed by atoms with E-state index in [9.17, 15) is 4.79 Å². The molecule has 0 saturated heterocycles. The highest BCUT2D eigenvalue weighted by Gasteiger charge is 2.11. The van der Waals surface area contributed by atoms with Gasteiger partial charge in [0.05, 0.1) is 11.1 Å². The topological polar surface area (TPSA) is 88.2 Å². The fraction of sp³-hybridized carbons (Fsp3) is 0.143. The van der Waals surface area contributed by atoms with Crippen molar-refractivity contribution in [2.24, 2.45) is 5.73 Å². The standard InChI is InChI=1S/C14H13N3O2S/c15-4-5-16-13-10-3-6-20-12(10)9-2-1-8(14(18)19)7-11(9)17-13/h1-3,6-7H,4-5,15H2,(H,16,17)(H,18,19). The molecule has 0 fully saturated rings. The van der Waals surface area contributed by atoms with Gasteiger partial charge < -0.3 is 16.2 Å². The van der Waals surface area contributed by atoms with Crippen molar-refractivity contribution < 1.29 is 9.90 Å². The van der Waals surface area contributed by atoms with Crippen LogP contribution in [0.5, 0.6) is 0 Å². The number of fused-ring (bicyclic) bond motifs is 3. The number of hydrogen-bond donors (Lipinski definition) is 3. The average Bonchev–Trinajstić information content (AvgIpc) is 2.93. The van der Waals surface area contributed by atoms with Gasteiger partial charge >= 0.3 is 5.97 Å². The van der Waals surface area contributed by atoms with Crippen LogP contribution >= 0.6 is 11.3 Å². The SMILES string of the molecule is NCCNc1nc2cc(C(=O)O)ccc2c2sccc12. The predicted octanol–water partition coefficient (Wildman–Crippen LogP) is 2.52. The maximum atomic E-state index is 11.1. The van der Waals surface area contributed by atoms with Crippen molar-refractivity contribution >= 4 is 44.1 Å². The third kappa shape index (κ3) is 2.09. The first-order valence-corrected chi connectivity index (χ1v) is 7.07. The number of carbonyl (C=O) groups is 1. The van der Waals surface area contributed by atoms with E-state index in [1.54, 1.807) is 23.5 Å². The smallest absolute Gasteiger partial charge is 0.335 e. The number of anilines is 1. The molecule has 0 bridgehead atoms. The molecule has 4 N–H and O–H groups in total. The van der Waals surface area contributed by atoms with Crippen LogP contribution in [0, 0.1) is 0 Å². The molecule has 2 heterocycles. The first-order valence-electron chi connectivity index (χ1n) is 6.19. The van der Waals surface area contributed by atoms with Crippen LogP contribution in [0.1, 0.15) is 10.4 Å². The van der Waals surface area contributed by atoms with Crippen molar-refractivity contribution in [2.75, 3.05) is 18.4 Å². The van der Waals surface area contributed by atoms with Gasteiger partial charge in [0.25, 0.3) is 0 Å². The number of nitrogens with one attached hydrogen (secondary N) is 1. The summed E-state index contributed by atoms with van der Waals surface area (Å²) in [7, 11) is 0. The highest BCUT2D eigenvalue weighted by atomic mass is 32.1. The van der Waals surface area contributed by atoms with E-state index in [4.69, 9.17) is 10.8 Å². The number of hydrogen-bond acceptors (Lipinski definition) is 5. The van der Waals surface area contributed by atoms with E-state index in [-0.39, 0.29) is 5.56 Å². The summed E-state index contributed by atoms with van der Waals surface area (Å²) < 4.78 is 1.10. The number of aromatic nitrogens is 1. The number of pyridine rings is 1. The summed E-state index contributed by atoms with van der Waals surface area (Å²) in [4.78, 5) is 15.6. The van der Waals surface area contributed by atoms with Gasteiger partial charge in [-0.3, -0.25) is 0 Å². The maximum Gasteiger partial charge on any atom is 0.335 e.